The van der Waals surface area contributed by atoms with Crippen LogP contribution in [0.5, 0.6) is 5.75 Å². The molecule has 5 nitrogen and oxygen atoms in total. The van der Waals surface area contributed by atoms with Crippen molar-refractivity contribution in [3.05, 3.63) is 53.1 Å². The van der Waals surface area contributed by atoms with Gasteiger partial charge in [0.1, 0.15) is 11.8 Å². The zero-order valence-corrected chi connectivity index (χ0v) is 10.8. The molecule has 1 atom stereocenters. The van der Waals surface area contributed by atoms with Crippen molar-refractivity contribution in [2.75, 3.05) is 6.61 Å². The first kappa shape index (κ1) is 12.1. The maximum absolute atomic E-state index is 5.66. The Balaban J connectivity index is 1.96. The number of ether oxygens (including phenoxy) is 1. The van der Waals surface area contributed by atoms with Crippen molar-refractivity contribution >= 4 is 0 Å². The Morgan fingerprint density at radius 2 is 2.11 bits per heavy atom. The second-order valence-electron chi connectivity index (χ2n) is 4.68. The van der Waals surface area contributed by atoms with Crippen LogP contribution in [-0.2, 0) is 6.42 Å². The number of nitrogens with zero attached hydrogens (tertiary/aromatic N) is 2. The van der Waals surface area contributed by atoms with Crippen LogP contribution < -0.4 is 16.0 Å². The summed E-state index contributed by atoms with van der Waals surface area (Å²) in [6.07, 6.45) is 4.53. The average molecular weight is 256 g/mol. The minimum Gasteiger partial charge on any atom is -0.493 e. The summed E-state index contributed by atoms with van der Waals surface area (Å²) in [6, 6.07) is 5.89. The van der Waals surface area contributed by atoms with Crippen LogP contribution in [0, 0.1) is 6.92 Å². The number of aromatic nitrogens is 2. The fourth-order valence-corrected chi connectivity index (χ4v) is 2.26. The monoisotopic (exact) mass is 256 g/mol. The van der Waals surface area contributed by atoms with E-state index in [9.17, 15) is 0 Å². The molecule has 0 amide bonds. The van der Waals surface area contributed by atoms with Crippen LogP contribution in [0.4, 0.5) is 0 Å². The lowest BCUT2D eigenvalue weighted by Gasteiger charge is -2.15. The first-order valence-electron chi connectivity index (χ1n) is 6.28. The normalized spacial score (nSPS) is 14.8. The molecule has 1 aliphatic rings. The van der Waals surface area contributed by atoms with E-state index in [-0.39, 0.29) is 6.04 Å². The van der Waals surface area contributed by atoms with Gasteiger partial charge in [-0.3, -0.25) is 5.84 Å². The number of hydrogen-bond acceptors (Lipinski definition) is 5. The Hall–Kier alpha value is -1.98. The SMILES string of the molecule is Cc1cnc(C(NN)c2ccc3c(c2)CCO3)nc1. The van der Waals surface area contributed by atoms with Crippen LogP contribution in [0.3, 0.4) is 0 Å². The van der Waals surface area contributed by atoms with Crippen LogP contribution >= 0.6 is 0 Å². The highest BCUT2D eigenvalue weighted by atomic mass is 16.5. The standard InChI is InChI=1S/C14H16N4O/c1-9-7-16-14(17-8-9)13(18-15)11-2-3-12-10(6-11)4-5-19-12/h2-3,6-8,13,18H,4-5,15H2,1H3. The molecule has 0 saturated heterocycles. The largest absolute Gasteiger partial charge is 0.493 e. The fraction of sp³-hybridized carbons (Fsp3) is 0.286. The summed E-state index contributed by atoms with van der Waals surface area (Å²) in [4.78, 5) is 8.67. The van der Waals surface area contributed by atoms with Gasteiger partial charge in [0, 0.05) is 18.8 Å². The van der Waals surface area contributed by atoms with Crippen molar-refractivity contribution in [3.8, 4) is 5.75 Å². The minimum atomic E-state index is -0.202. The Morgan fingerprint density at radius 1 is 1.32 bits per heavy atom. The molecular weight excluding hydrogens is 240 g/mol. The predicted octanol–water partition coefficient (Wildman–Crippen LogP) is 1.27. The Bertz CT molecular complexity index is 582. The van der Waals surface area contributed by atoms with Crippen LogP contribution in [0.15, 0.2) is 30.6 Å². The second kappa shape index (κ2) is 4.95. The van der Waals surface area contributed by atoms with Crippen LogP contribution in [0.2, 0.25) is 0 Å². The van der Waals surface area contributed by atoms with Crippen molar-refractivity contribution in [1.82, 2.24) is 15.4 Å². The zero-order chi connectivity index (χ0) is 13.2. The number of fused-ring (bicyclic) bond motifs is 1. The minimum absolute atomic E-state index is 0.202. The van der Waals surface area contributed by atoms with E-state index in [1.54, 1.807) is 12.4 Å². The smallest absolute Gasteiger partial charge is 0.150 e. The third kappa shape index (κ3) is 2.30. The van der Waals surface area contributed by atoms with Gasteiger partial charge in [-0.05, 0) is 35.7 Å². The maximum Gasteiger partial charge on any atom is 0.150 e. The van der Waals surface area contributed by atoms with Crippen molar-refractivity contribution < 1.29 is 4.74 Å². The van der Waals surface area contributed by atoms with Gasteiger partial charge < -0.3 is 4.74 Å². The summed E-state index contributed by atoms with van der Waals surface area (Å²) < 4.78 is 5.51. The summed E-state index contributed by atoms with van der Waals surface area (Å²) in [5, 5.41) is 0. The Kier molecular flexibility index (Phi) is 3.15. The molecule has 0 fully saturated rings. The molecule has 3 N–H and O–H groups in total. The molecule has 1 aliphatic heterocycles. The highest BCUT2D eigenvalue weighted by molar-refractivity contribution is 5.42. The average Bonchev–Trinajstić information content (AvgIpc) is 2.89. The summed E-state index contributed by atoms with van der Waals surface area (Å²) >= 11 is 0. The quantitative estimate of drug-likeness (QED) is 0.639. The van der Waals surface area contributed by atoms with Gasteiger partial charge in [0.25, 0.3) is 0 Å². The first-order valence-corrected chi connectivity index (χ1v) is 6.28. The van der Waals surface area contributed by atoms with Gasteiger partial charge >= 0.3 is 0 Å². The van der Waals surface area contributed by atoms with Gasteiger partial charge in [0.2, 0.25) is 0 Å². The van der Waals surface area contributed by atoms with Crippen molar-refractivity contribution in [2.24, 2.45) is 5.84 Å². The topological polar surface area (TPSA) is 73.1 Å². The molecule has 1 aromatic heterocycles. The van der Waals surface area contributed by atoms with E-state index in [1.807, 2.05) is 19.1 Å². The van der Waals surface area contributed by atoms with E-state index in [2.05, 4.69) is 21.5 Å². The molecule has 3 rings (SSSR count). The molecule has 0 aliphatic carbocycles. The van der Waals surface area contributed by atoms with Crippen molar-refractivity contribution in [1.29, 1.82) is 0 Å². The van der Waals surface area contributed by atoms with E-state index in [4.69, 9.17) is 10.6 Å². The molecule has 0 radical (unpaired) electrons. The number of hydrogen-bond donors (Lipinski definition) is 2. The number of nitrogens with two attached hydrogens (primary N) is 1. The summed E-state index contributed by atoms with van der Waals surface area (Å²) in [7, 11) is 0. The number of rotatable bonds is 3. The lowest BCUT2D eigenvalue weighted by Crippen LogP contribution is -2.30. The van der Waals surface area contributed by atoms with E-state index in [1.165, 1.54) is 5.56 Å². The van der Waals surface area contributed by atoms with Crippen molar-refractivity contribution in [3.63, 3.8) is 0 Å². The van der Waals surface area contributed by atoms with Gasteiger partial charge in [0.05, 0.1) is 6.61 Å². The lowest BCUT2D eigenvalue weighted by molar-refractivity contribution is 0.356. The second-order valence-corrected chi connectivity index (χ2v) is 4.68. The molecule has 0 bridgehead atoms. The molecule has 98 valence electrons. The maximum atomic E-state index is 5.66. The molecule has 0 spiro atoms. The molecule has 2 heterocycles. The van der Waals surface area contributed by atoms with Gasteiger partial charge in [0.15, 0.2) is 5.82 Å². The summed E-state index contributed by atoms with van der Waals surface area (Å²) in [5.74, 6) is 7.29. The van der Waals surface area contributed by atoms with Crippen LogP contribution in [0.25, 0.3) is 0 Å². The third-order valence-corrected chi connectivity index (χ3v) is 3.27. The predicted molar refractivity (Wildman–Crippen MR) is 71.6 cm³/mol. The number of nitrogens with one attached hydrogen (secondary N) is 1. The zero-order valence-electron chi connectivity index (χ0n) is 10.8. The van der Waals surface area contributed by atoms with Crippen molar-refractivity contribution in [2.45, 2.75) is 19.4 Å². The Labute approximate surface area is 111 Å². The van der Waals surface area contributed by atoms with Gasteiger partial charge in [-0.1, -0.05) is 6.07 Å². The molecule has 0 saturated carbocycles. The van der Waals surface area contributed by atoms with Gasteiger partial charge in [-0.15, -0.1) is 0 Å². The summed E-state index contributed by atoms with van der Waals surface area (Å²) in [6.45, 7) is 2.71. The van der Waals surface area contributed by atoms with Gasteiger partial charge in [-0.2, -0.15) is 0 Å². The third-order valence-electron chi connectivity index (χ3n) is 3.27. The molecule has 2 aromatic rings. The van der Waals surface area contributed by atoms with E-state index >= 15 is 0 Å². The highest BCUT2D eigenvalue weighted by Gasteiger charge is 2.19. The summed E-state index contributed by atoms with van der Waals surface area (Å²) in [5.41, 5.74) is 6.07. The molecule has 1 aromatic carbocycles. The van der Waals surface area contributed by atoms with E-state index < -0.39 is 0 Å². The molecular formula is C14H16N4O. The van der Waals surface area contributed by atoms with E-state index in [0.717, 1.165) is 29.9 Å². The molecule has 1 unspecified atom stereocenters. The number of benzene rings is 1. The van der Waals surface area contributed by atoms with Crippen LogP contribution in [-0.4, -0.2) is 16.6 Å². The Morgan fingerprint density at radius 3 is 2.84 bits per heavy atom. The fourth-order valence-electron chi connectivity index (χ4n) is 2.26. The molecule has 5 heteroatoms. The highest BCUT2D eigenvalue weighted by Crippen LogP contribution is 2.29. The lowest BCUT2D eigenvalue weighted by atomic mass is 10.0. The van der Waals surface area contributed by atoms with Gasteiger partial charge in [-0.25, -0.2) is 15.4 Å². The van der Waals surface area contributed by atoms with E-state index in [0.29, 0.717) is 5.82 Å². The number of aryl methyl sites for hydroxylation is 1. The molecule has 19 heavy (non-hydrogen) atoms. The van der Waals surface area contributed by atoms with Crippen LogP contribution in [0.1, 0.15) is 28.6 Å². The first-order chi connectivity index (χ1) is 9.28. The number of hydrazine groups is 1.